The highest BCUT2D eigenvalue weighted by Crippen LogP contribution is 2.26. The molecule has 0 spiro atoms. The Labute approximate surface area is 128 Å². The summed E-state index contributed by atoms with van der Waals surface area (Å²) in [5.41, 5.74) is 3.25. The van der Waals surface area contributed by atoms with Crippen molar-refractivity contribution in [2.75, 3.05) is 5.43 Å². The van der Waals surface area contributed by atoms with E-state index in [2.05, 4.69) is 15.5 Å². The van der Waals surface area contributed by atoms with Gasteiger partial charge in [-0.25, -0.2) is 4.98 Å². The molecule has 0 aliphatic carbocycles. The molecule has 0 bridgehead atoms. The van der Waals surface area contributed by atoms with Gasteiger partial charge in [0, 0.05) is 6.07 Å². The molecular weight excluding hydrogens is 304 g/mol. The number of thiazole rings is 1. The molecule has 0 saturated carbocycles. The van der Waals surface area contributed by atoms with E-state index in [1.807, 2.05) is 24.3 Å². The Hall–Kier alpha value is -3.00. The molecule has 1 heterocycles. The number of anilines is 1. The average Bonchev–Trinajstić information content (AvgIpc) is 2.91. The third-order valence-electron chi connectivity index (χ3n) is 2.88. The minimum absolute atomic E-state index is 0.141. The first-order valence-electron chi connectivity index (χ1n) is 6.24. The smallest absolute Gasteiger partial charge is 0.262 e. The number of rotatable bonds is 4. The normalized spacial score (nSPS) is 11.1. The fourth-order valence-corrected chi connectivity index (χ4v) is 2.68. The van der Waals surface area contributed by atoms with Gasteiger partial charge < -0.3 is 5.11 Å². The summed E-state index contributed by atoms with van der Waals surface area (Å²) in [6.45, 7) is 0. The standard InChI is InChI=1S/C14H10N4O3S/c19-13-9(4-3-6-11(13)18(20)21)8-15-17-14-16-10-5-1-2-7-12(10)22-14/h1-8,19H,(H,16,17)/p-1/b15-8-. The van der Waals surface area contributed by atoms with Crippen LogP contribution in [0.3, 0.4) is 0 Å². The van der Waals surface area contributed by atoms with Crippen LogP contribution in [0.5, 0.6) is 5.75 Å². The van der Waals surface area contributed by atoms with Gasteiger partial charge in [-0.3, -0.25) is 15.5 Å². The number of nitro groups is 1. The molecule has 1 aromatic heterocycles. The van der Waals surface area contributed by atoms with Crippen molar-refractivity contribution < 1.29 is 10.0 Å². The van der Waals surface area contributed by atoms with Crippen molar-refractivity contribution in [3.63, 3.8) is 0 Å². The molecular formula is C14H9N4O3S-. The molecule has 7 nitrogen and oxygen atoms in total. The molecule has 0 aliphatic heterocycles. The summed E-state index contributed by atoms with van der Waals surface area (Å²) in [6, 6.07) is 11.7. The first-order valence-corrected chi connectivity index (χ1v) is 7.06. The predicted octanol–water partition coefficient (Wildman–Crippen LogP) is 2.72. The number of nitrogens with zero attached hydrogens (tertiary/aromatic N) is 3. The summed E-state index contributed by atoms with van der Waals surface area (Å²) in [5.74, 6) is -0.664. The van der Waals surface area contributed by atoms with Crippen LogP contribution in [0.15, 0.2) is 47.6 Å². The van der Waals surface area contributed by atoms with Gasteiger partial charge in [-0.1, -0.05) is 35.6 Å². The van der Waals surface area contributed by atoms with Gasteiger partial charge in [-0.05, 0) is 23.4 Å². The van der Waals surface area contributed by atoms with Crippen molar-refractivity contribution in [3.05, 3.63) is 58.1 Å². The minimum atomic E-state index is -0.708. The third kappa shape index (κ3) is 2.72. The van der Waals surface area contributed by atoms with E-state index < -0.39 is 16.4 Å². The lowest BCUT2D eigenvalue weighted by Crippen LogP contribution is -2.02. The van der Waals surface area contributed by atoms with Crippen molar-refractivity contribution in [1.82, 2.24) is 4.98 Å². The van der Waals surface area contributed by atoms with E-state index in [1.165, 1.54) is 35.8 Å². The van der Waals surface area contributed by atoms with Crippen LogP contribution in [0.25, 0.3) is 10.2 Å². The molecule has 2 aromatic carbocycles. The van der Waals surface area contributed by atoms with Crippen LogP contribution >= 0.6 is 11.3 Å². The highest BCUT2D eigenvalue weighted by Gasteiger charge is 2.08. The Morgan fingerprint density at radius 1 is 1.23 bits per heavy atom. The lowest BCUT2D eigenvalue weighted by atomic mass is 10.2. The number of fused-ring (bicyclic) bond motifs is 1. The summed E-state index contributed by atoms with van der Waals surface area (Å²) in [4.78, 5) is 14.3. The van der Waals surface area contributed by atoms with Gasteiger partial charge in [0.2, 0.25) is 5.13 Å². The van der Waals surface area contributed by atoms with E-state index in [0.717, 1.165) is 10.2 Å². The Bertz CT molecular complexity index is 842. The maximum atomic E-state index is 11.8. The van der Waals surface area contributed by atoms with E-state index in [-0.39, 0.29) is 5.56 Å². The second kappa shape index (κ2) is 5.78. The van der Waals surface area contributed by atoms with Gasteiger partial charge >= 0.3 is 0 Å². The Morgan fingerprint density at radius 3 is 2.82 bits per heavy atom. The fraction of sp³-hybridized carbons (Fsp3) is 0. The van der Waals surface area contributed by atoms with Crippen molar-refractivity contribution >= 4 is 38.6 Å². The molecule has 0 amide bonds. The maximum absolute atomic E-state index is 11.8. The summed E-state index contributed by atoms with van der Waals surface area (Å²) < 4.78 is 1.01. The molecule has 3 aromatic rings. The van der Waals surface area contributed by atoms with Crippen LogP contribution in [0.4, 0.5) is 10.8 Å². The fourth-order valence-electron chi connectivity index (χ4n) is 1.86. The third-order valence-corrected chi connectivity index (χ3v) is 3.82. The molecule has 0 radical (unpaired) electrons. The molecule has 0 saturated heterocycles. The van der Waals surface area contributed by atoms with E-state index in [1.54, 1.807) is 0 Å². The van der Waals surface area contributed by atoms with Gasteiger partial charge in [0.1, 0.15) is 0 Å². The number of hydrogen-bond donors (Lipinski definition) is 1. The second-order valence-corrected chi connectivity index (χ2v) is 5.34. The van der Waals surface area contributed by atoms with Crippen molar-refractivity contribution in [3.8, 4) is 5.75 Å². The van der Waals surface area contributed by atoms with Crippen LogP contribution in [0.1, 0.15) is 5.56 Å². The summed E-state index contributed by atoms with van der Waals surface area (Å²) >= 11 is 1.42. The highest BCUT2D eigenvalue weighted by molar-refractivity contribution is 7.22. The van der Waals surface area contributed by atoms with E-state index in [9.17, 15) is 15.2 Å². The van der Waals surface area contributed by atoms with Crippen LogP contribution in [-0.2, 0) is 0 Å². The van der Waals surface area contributed by atoms with E-state index in [4.69, 9.17) is 0 Å². The molecule has 0 aliphatic rings. The molecule has 1 N–H and O–H groups in total. The SMILES string of the molecule is O=[N+]([O-])c1cccc(/C=N\Nc2nc3ccccc3s2)c1[O-]. The maximum Gasteiger partial charge on any atom is 0.262 e. The van der Waals surface area contributed by atoms with Gasteiger partial charge in [0.05, 0.1) is 21.4 Å². The summed E-state index contributed by atoms with van der Waals surface area (Å²) in [5, 5.41) is 27.0. The quantitative estimate of drug-likeness (QED) is 0.453. The molecule has 0 fully saturated rings. The molecule has 8 heteroatoms. The molecule has 0 atom stereocenters. The monoisotopic (exact) mass is 313 g/mol. The van der Waals surface area contributed by atoms with Gasteiger partial charge in [-0.2, -0.15) is 5.10 Å². The van der Waals surface area contributed by atoms with Gasteiger partial charge in [0.25, 0.3) is 5.69 Å². The van der Waals surface area contributed by atoms with Crippen molar-refractivity contribution in [1.29, 1.82) is 0 Å². The van der Waals surface area contributed by atoms with Gasteiger partial charge in [-0.15, -0.1) is 0 Å². The molecule has 110 valence electrons. The number of benzene rings is 2. The lowest BCUT2D eigenvalue weighted by molar-refractivity contribution is -0.398. The summed E-state index contributed by atoms with van der Waals surface area (Å²) in [7, 11) is 0. The molecule has 3 rings (SSSR count). The highest BCUT2D eigenvalue weighted by atomic mass is 32.1. The zero-order valence-corrected chi connectivity index (χ0v) is 11.9. The number of nitrogens with one attached hydrogen (secondary N) is 1. The first kappa shape index (κ1) is 14.0. The minimum Gasteiger partial charge on any atom is -0.867 e. The number of hydrogen-bond acceptors (Lipinski definition) is 7. The van der Waals surface area contributed by atoms with E-state index >= 15 is 0 Å². The number of hydrazone groups is 1. The number of para-hydroxylation sites is 2. The van der Waals surface area contributed by atoms with Crippen LogP contribution in [0, 0.1) is 10.1 Å². The Balaban J connectivity index is 1.80. The van der Waals surface area contributed by atoms with Crippen LogP contribution in [-0.4, -0.2) is 16.1 Å². The van der Waals surface area contributed by atoms with Gasteiger partial charge in [0.15, 0.2) is 0 Å². The zero-order valence-electron chi connectivity index (χ0n) is 11.1. The Morgan fingerprint density at radius 2 is 2.05 bits per heavy atom. The number of nitro benzene ring substituents is 1. The lowest BCUT2D eigenvalue weighted by Gasteiger charge is -2.09. The Kier molecular flexibility index (Phi) is 3.67. The number of aromatic nitrogens is 1. The molecule has 22 heavy (non-hydrogen) atoms. The average molecular weight is 313 g/mol. The largest absolute Gasteiger partial charge is 0.867 e. The topological polar surface area (TPSA) is 103 Å². The zero-order chi connectivity index (χ0) is 15.5. The first-order chi connectivity index (χ1) is 10.6. The van der Waals surface area contributed by atoms with Crippen molar-refractivity contribution in [2.45, 2.75) is 0 Å². The molecule has 0 unspecified atom stereocenters. The second-order valence-electron chi connectivity index (χ2n) is 4.31. The van der Waals surface area contributed by atoms with Crippen LogP contribution < -0.4 is 10.5 Å². The summed E-state index contributed by atoms with van der Waals surface area (Å²) in [6.07, 6.45) is 1.25. The van der Waals surface area contributed by atoms with Crippen molar-refractivity contribution in [2.24, 2.45) is 5.10 Å². The van der Waals surface area contributed by atoms with E-state index in [0.29, 0.717) is 5.13 Å². The predicted molar refractivity (Wildman–Crippen MR) is 83.4 cm³/mol. The van der Waals surface area contributed by atoms with Crippen LogP contribution in [0.2, 0.25) is 0 Å².